The molecule has 4 nitrogen and oxygen atoms in total. The molecule has 0 radical (unpaired) electrons. The Balaban J connectivity index is 2.80. The molecule has 1 rings (SSSR count). The number of amides is 1. The third-order valence-electron chi connectivity index (χ3n) is 2.42. The van der Waals surface area contributed by atoms with Gasteiger partial charge >= 0.3 is 0 Å². The molecule has 1 aromatic heterocycles. The highest BCUT2D eigenvalue weighted by Gasteiger charge is 2.18. The molecule has 0 fully saturated rings. The highest BCUT2D eigenvalue weighted by atomic mass is 19.1. The normalized spacial score (nSPS) is 10.6. The zero-order valence-corrected chi connectivity index (χ0v) is 10.1. The number of hydrogen-bond donors (Lipinski definition) is 1. The van der Waals surface area contributed by atoms with E-state index in [4.69, 9.17) is 5.11 Å². The molecule has 0 aliphatic heterocycles. The summed E-state index contributed by atoms with van der Waals surface area (Å²) in [5, 5.41) is 8.79. The molecule has 1 aromatic rings. The van der Waals surface area contributed by atoms with Gasteiger partial charge in [0.2, 0.25) is 5.95 Å². The first-order valence-electron chi connectivity index (χ1n) is 5.59. The van der Waals surface area contributed by atoms with Crippen LogP contribution in [0.25, 0.3) is 0 Å². The van der Waals surface area contributed by atoms with Crippen LogP contribution in [0.15, 0.2) is 18.3 Å². The van der Waals surface area contributed by atoms with E-state index < -0.39 is 5.95 Å². The minimum Gasteiger partial charge on any atom is -0.396 e. The lowest BCUT2D eigenvalue weighted by atomic mass is 10.2. The molecule has 0 unspecified atom stereocenters. The van der Waals surface area contributed by atoms with Gasteiger partial charge in [0.05, 0.1) is 5.56 Å². The number of nitrogens with zero attached hydrogens (tertiary/aromatic N) is 2. The zero-order chi connectivity index (χ0) is 12.8. The van der Waals surface area contributed by atoms with Crippen LogP contribution in [0.1, 0.15) is 30.6 Å². The summed E-state index contributed by atoms with van der Waals surface area (Å²) in [5.74, 6) is -0.797. The third-order valence-corrected chi connectivity index (χ3v) is 2.42. The Labute approximate surface area is 100 Å². The highest BCUT2D eigenvalue weighted by molar-refractivity contribution is 5.94. The Kier molecular flexibility index (Phi) is 5.03. The van der Waals surface area contributed by atoms with Crippen LogP contribution in [0, 0.1) is 5.95 Å². The van der Waals surface area contributed by atoms with E-state index in [-0.39, 0.29) is 18.6 Å². The van der Waals surface area contributed by atoms with Crippen molar-refractivity contribution in [1.29, 1.82) is 0 Å². The van der Waals surface area contributed by atoms with Gasteiger partial charge in [0.1, 0.15) is 0 Å². The van der Waals surface area contributed by atoms with Crippen molar-refractivity contribution in [3.8, 4) is 0 Å². The van der Waals surface area contributed by atoms with Gasteiger partial charge in [0.25, 0.3) is 5.91 Å². The molecule has 1 amide bonds. The number of hydrogen-bond acceptors (Lipinski definition) is 3. The van der Waals surface area contributed by atoms with Crippen molar-refractivity contribution in [2.45, 2.75) is 26.3 Å². The highest BCUT2D eigenvalue weighted by Crippen LogP contribution is 2.08. The molecule has 0 saturated carbocycles. The van der Waals surface area contributed by atoms with E-state index in [1.807, 2.05) is 13.8 Å². The van der Waals surface area contributed by atoms with Gasteiger partial charge in [-0.3, -0.25) is 4.79 Å². The van der Waals surface area contributed by atoms with Crippen molar-refractivity contribution in [2.24, 2.45) is 0 Å². The van der Waals surface area contributed by atoms with Crippen LogP contribution in [-0.2, 0) is 0 Å². The summed E-state index contributed by atoms with van der Waals surface area (Å²) in [5.41, 5.74) is 0.359. The van der Waals surface area contributed by atoms with Gasteiger partial charge in [-0.05, 0) is 32.4 Å². The Morgan fingerprint density at radius 2 is 2.24 bits per heavy atom. The van der Waals surface area contributed by atoms with E-state index >= 15 is 0 Å². The average molecular weight is 240 g/mol. The summed E-state index contributed by atoms with van der Waals surface area (Å²) < 4.78 is 12.6. The predicted octanol–water partition coefficient (Wildman–Crippen LogP) is 1.45. The number of rotatable bonds is 5. The molecule has 94 valence electrons. The number of carbonyl (C=O) groups excluding carboxylic acids is 1. The molecule has 0 spiro atoms. The Morgan fingerprint density at radius 3 is 2.71 bits per heavy atom. The SMILES string of the molecule is CC(C)N(CCCO)C(=O)c1ccc(F)nc1. The molecule has 0 aliphatic rings. The Hall–Kier alpha value is -1.49. The van der Waals surface area contributed by atoms with Crippen molar-refractivity contribution in [1.82, 2.24) is 9.88 Å². The monoisotopic (exact) mass is 240 g/mol. The fourth-order valence-electron chi connectivity index (χ4n) is 1.50. The number of carbonyl (C=O) groups is 1. The van der Waals surface area contributed by atoms with Crippen LogP contribution < -0.4 is 0 Å². The molecule has 1 heterocycles. The quantitative estimate of drug-likeness (QED) is 0.793. The van der Waals surface area contributed by atoms with Gasteiger partial charge in [0, 0.05) is 25.4 Å². The van der Waals surface area contributed by atoms with Crippen LogP contribution in [-0.4, -0.2) is 40.1 Å². The standard InChI is InChI=1S/C12H17FN2O2/c1-9(2)15(6-3-7-16)12(17)10-4-5-11(13)14-8-10/h4-5,8-9,16H,3,6-7H2,1-2H3. The van der Waals surface area contributed by atoms with E-state index in [2.05, 4.69) is 4.98 Å². The van der Waals surface area contributed by atoms with E-state index in [9.17, 15) is 9.18 Å². The number of halogens is 1. The molecule has 0 saturated heterocycles. The average Bonchev–Trinajstić information content (AvgIpc) is 2.29. The molecule has 0 aromatic carbocycles. The first kappa shape index (κ1) is 13.6. The Morgan fingerprint density at radius 1 is 1.53 bits per heavy atom. The topological polar surface area (TPSA) is 53.4 Å². The summed E-state index contributed by atoms with van der Waals surface area (Å²) in [7, 11) is 0. The number of aromatic nitrogens is 1. The summed E-state index contributed by atoms with van der Waals surface area (Å²) in [6.07, 6.45) is 1.75. The van der Waals surface area contributed by atoms with Crippen LogP contribution in [0.5, 0.6) is 0 Å². The first-order valence-corrected chi connectivity index (χ1v) is 5.59. The van der Waals surface area contributed by atoms with E-state index in [1.54, 1.807) is 4.90 Å². The lowest BCUT2D eigenvalue weighted by Gasteiger charge is -2.26. The molecule has 0 aliphatic carbocycles. The Bertz CT molecular complexity index is 365. The molecular weight excluding hydrogens is 223 g/mol. The van der Waals surface area contributed by atoms with Crippen LogP contribution >= 0.6 is 0 Å². The molecule has 1 N–H and O–H groups in total. The van der Waals surface area contributed by atoms with Crippen LogP contribution in [0.3, 0.4) is 0 Å². The predicted molar refractivity (Wildman–Crippen MR) is 62.1 cm³/mol. The van der Waals surface area contributed by atoms with Crippen molar-refractivity contribution < 1.29 is 14.3 Å². The second-order valence-corrected chi connectivity index (χ2v) is 4.04. The van der Waals surface area contributed by atoms with Gasteiger partial charge in [-0.1, -0.05) is 0 Å². The summed E-state index contributed by atoms with van der Waals surface area (Å²) in [6, 6.07) is 2.61. The van der Waals surface area contributed by atoms with Crippen LogP contribution in [0.2, 0.25) is 0 Å². The zero-order valence-electron chi connectivity index (χ0n) is 10.1. The lowest BCUT2D eigenvalue weighted by molar-refractivity contribution is 0.0692. The van der Waals surface area contributed by atoms with E-state index in [0.29, 0.717) is 18.5 Å². The van der Waals surface area contributed by atoms with Gasteiger partial charge in [0.15, 0.2) is 0 Å². The number of pyridine rings is 1. The maximum absolute atomic E-state index is 12.6. The molecular formula is C12H17FN2O2. The number of aliphatic hydroxyl groups excluding tert-OH is 1. The van der Waals surface area contributed by atoms with Crippen molar-refractivity contribution in [3.63, 3.8) is 0 Å². The minimum atomic E-state index is -0.604. The van der Waals surface area contributed by atoms with Crippen LogP contribution in [0.4, 0.5) is 4.39 Å². The second kappa shape index (κ2) is 6.30. The fourth-order valence-corrected chi connectivity index (χ4v) is 1.50. The first-order chi connectivity index (χ1) is 8.06. The maximum atomic E-state index is 12.6. The lowest BCUT2D eigenvalue weighted by Crippen LogP contribution is -2.38. The van der Waals surface area contributed by atoms with E-state index in [0.717, 1.165) is 6.07 Å². The number of aliphatic hydroxyl groups is 1. The van der Waals surface area contributed by atoms with Crippen molar-refractivity contribution >= 4 is 5.91 Å². The van der Waals surface area contributed by atoms with Gasteiger partial charge in [-0.25, -0.2) is 4.98 Å². The third kappa shape index (κ3) is 3.78. The van der Waals surface area contributed by atoms with E-state index in [1.165, 1.54) is 12.3 Å². The largest absolute Gasteiger partial charge is 0.396 e. The minimum absolute atomic E-state index is 0.0269. The molecule has 0 atom stereocenters. The fraction of sp³-hybridized carbons (Fsp3) is 0.500. The van der Waals surface area contributed by atoms with Gasteiger partial charge < -0.3 is 10.0 Å². The summed E-state index contributed by atoms with van der Waals surface area (Å²) >= 11 is 0. The van der Waals surface area contributed by atoms with Gasteiger partial charge in [-0.15, -0.1) is 0 Å². The summed E-state index contributed by atoms with van der Waals surface area (Å²) in [6.45, 7) is 4.31. The maximum Gasteiger partial charge on any atom is 0.255 e. The summed E-state index contributed by atoms with van der Waals surface area (Å²) in [4.78, 5) is 17.2. The molecule has 17 heavy (non-hydrogen) atoms. The molecule has 5 heteroatoms. The molecule has 0 bridgehead atoms. The van der Waals surface area contributed by atoms with Gasteiger partial charge in [-0.2, -0.15) is 4.39 Å². The smallest absolute Gasteiger partial charge is 0.255 e. The van der Waals surface area contributed by atoms with Crippen molar-refractivity contribution in [2.75, 3.05) is 13.2 Å². The second-order valence-electron chi connectivity index (χ2n) is 4.04. The van der Waals surface area contributed by atoms with Crippen molar-refractivity contribution in [3.05, 3.63) is 29.8 Å².